The van der Waals surface area contributed by atoms with Crippen LogP contribution in [0, 0.1) is 0 Å². The van der Waals surface area contributed by atoms with Gasteiger partial charge in [0.2, 0.25) is 0 Å². The van der Waals surface area contributed by atoms with Crippen molar-refractivity contribution in [3.8, 4) is 0 Å². The molecule has 0 amide bonds. The van der Waals surface area contributed by atoms with Gasteiger partial charge in [-0.05, 0) is 12.8 Å². The molecule has 8 heteroatoms. The number of nitrogens with zero attached hydrogens (tertiary/aromatic N) is 5. The third-order valence-corrected chi connectivity index (χ3v) is 3.43. The van der Waals surface area contributed by atoms with Crippen LogP contribution in [0.5, 0.6) is 0 Å². The summed E-state index contributed by atoms with van der Waals surface area (Å²) in [5, 5.41) is 11.6. The minimum atomic E-state index is 0. The van der Waals surface area contributed by atoms with E-state index in [1.807, 2.05) is 32.6 Å². The third-order valence-electron chi connectivity index (χ3n) is 3.43. The normalized spacial score (nSPS) is 11.5. The molecule has 2 heterocycles. The molecule has 0 fully saturated rings. The minimum absolute atomic E-state index is 0. The van der Waals surface area contributed by atoms with Crippen molar-refractivity contribution >= 4 is 29.9 Å². The molecule has 1 N–H and O–H groups in total. The fraction of sp³-hybridized carbons (Fsp3) is 0.562. The Morgan fingerprint density at radius 1 is 1.46 bits per heavy atom. The van der Waals surface area contributed by atoms with Gasteiger partial charge in [-0.3, -0.25) is 4.68 Å². The molecular weight excluding hydrogens is 419 g/mol. The number of aliphatic imine (C=N–C) groups is 1. The van der Waals surface area contributed by atoms with E-state index in [1.165, 1.54) is 0 Å². The van der Waals surface area contributed by atoms with Crippen LogP contribution < -0.4 is 5.32 Å². The lowest BCUT2D eigenvalue weighted by Gasteiger charge is -2.21. The maximum atomic E-state index is 5.34. The molecule has 0 aliphatic rings. The van der Waals surface area contributed by atoms with E-state index in [0.29, 0.717) is 12.5 Å². The van der Waals surface area contributed by atoms with Gasteiger partial charge in [0.15, 0.2) is 11.7 Å². The van der Waals surface area contributed by atoms with Gasteiger partial charge >= 0.3 is 0 Å². The van der Waals surface area contributed by atoms with Crippen molar-refractivity contribution in [1.29, 1.82) is 0 Å². The summed E-state index contributed by atoms with van der Waals surface area (Å²) in [7, 11) is 3.92. The zero-order chi connectivity index (χ0) is 16.8. The molecular formula is C16H27IN6O. The van der Waals surface area contributed by atoms with Crippen LogP contribution in [0.25, 0.3) is 0 Å². The van der Waals surface area contributed by atoms with E-state index in [0.717, 1.165) is 36.1 Å². The van der Waals surface area contributed by atoms with Crippen molar-refractivity contribution in [2.75, 3.05) is 13.6 Å². The van der Waals surface area contributed by atoms with E-state index in [-0.39, 0.29) is 24.0 Å². The van der Waals surface area contributed by atoms with E-state index in [2.05, 4.69) is 46.2 Å². The first-order chi connectivity index (χ1) is 11.0. The highest BCUT2D eigenvalue weighted by Crippen LogP contribution is 2.14. The lowest BCUT2D eigenvalue weighted by Crippen LogP contribution is -2.38. The number of guanidine groups is 1. The summed E-state index contributed by atoms with van der Waals surface area (Å²) >= 11 is 0. The Balaban J connectivity index is 0.00000288. The molecule has 0 aromatic carbocycles. The van der Waals surface area contributed by atoms with Crippen molar-refractivity contribution in [3.05, 3.63) is 35.5 Å². The van der Waals surface area contributed by atoms with Crippen molar-refractivity contribution in [3.63, 3.8) is 0 Å². The van der Waals surface area contributed by atoms with Crippen LogP contribution in [0.4, 0.5) is 0 Å². The number of aryl methyl sites for hydroxylation is 1. The van der Waals surface area contributed by atoms with Gasteiger partial charge in [0, 0.05) is 45.0 Å². The molecule has 0 radical (unpaired) electrons. The molecule has 0 saturated carbocycles. The van der Waals surface area contributed by atoms with E-state index in [9.17, 15) is 0 Å². The number of hydrogen-bond donors (Lipinski definition) is 1. The summed E-state index contributed by atoms with van der Waals surface area (Å²) in [6, 6.07) is 1.97. The maximum absolute atomic E-state index is 5.34. The Hall–Kier alpha value is -1.58. The topological polar surface area (TPSA) is 71.5 Å². The van der Waals surface area contributed by atoms with Crippen LogP contribution in [0.3, 0.4) is 0 Å². The summed E-state index contributed by atoms with van der Waals surface area (Å²) in [6.45, 7) is 8.27. The minimum Gasteiger partial charge on any atom is -0.359 e. The molecule has 0 saturated heterocycles. The predicted molar refractivity (Wildman–Crippen MR) is 105 cm³/mol. The van der Waals surface area contributed by atoms with Crippen molar-refractivity contribution in [2.45, 2.75) is 39.8 Å². The molecule has 0 aliphatic heterocycles. The summed E-state index contributed by atoms with van der Waals surface area (Å²) in [4.78, 5) is 6.70. The molecule has 7 nitrogen and oxygen atoms in total. The van der Waals surface area contributed by atoms with Crippen molar-refractivity contribution < 1.29 is 4.52 Å². The second-order valence-electron chi connectivity index (χ2n) is 5.92. The second-order valence-corrected chi connectivity index (χ2v) is 5.92. The summed E-state index contributed by atoms with van der Waals surface area (Å²) in [5.74, 6) is 1.97. The van der Waals surface area contributed by atoms with E-state index in [4.69, 9.17) is 4.52 Å². The van der Waals surface area contributed by atoms with Gasteiger partial charge in [-0.25, -0.2) is 4.99 Å². The Labute approximate surface area is 160 Å². The standard InChI is InChI=1S/C16H26N6O.HI/c1-6-17-16(21(4)10-13-8-19-22(5)11-13)18-9-14-7-15(12(2)3)20-23-14;/h7-8,11-12H,6,9-10H2,1-5H3,(H,17,18);1H. The van der Waals surface area contributed by atoms with Gasteiger partial charge in [-0.15, -0.1) is 24.0 Å². The SMILES string of the molecule is CCNC(=NCc1cc(C(C)C)no1)N(C)Cc1cnn(C)c1.I. The van der Waals surface area contributed by atoms with E-state index >= 15 is 0 Å². The first-order valence-corrected chi connectivity index (χ1v) is 7.92. The molecule has 0 bridgehead atoms. The predicted octanol–water partition coefficient (Wildman–Crippen LogP) is 2.75. The van der Waals surface area contributed by atoms with Crippen LogP contribution in [0.1, 0.15) is 43.7 Å². The van der Waals surface area contributed by atoms with Gasteiger partial charge in [0.25, 0.3) is 0 Å². The van der Waals surface area contributed by atoms with E-state index < -0.39 is 0 Å². The van der Waals surface area contributed by atoms with Crippen molar-refractivity contribution in [2.24, 2.45) is 12.0 Å². The quantitative estimate of drug-likeness (QED) is 0.420. The van der Waals surface area contributed by atoms with Gasteiger partial charge < -0.3 is 14.7 Å². The fourth-order valence-corrected chi connectivity index (χ4v) is 2.20. The first kappa shape index (κ1) is 20.5. The highest BCUT2D eigenvalue weighted by atomic mass is 127. The largest absolute Gasteiger partial charge is 0.359 e. The fourth-order valence-electron chi connectivity index (χ4n) is 2.20. The third kappa shape index (κ3) is 5.81. The lowest BCUT2D eigenvalue weighted by molar-refractivity contribution is 0.375. The Morgan fingerprint density at radius 3 is 2.75 bits per heavy atom. The van der Waals surface area contributed by atoms with Crippen LogP contribution in [0.2, 0.25) is 0 Å². The molecule has 0 atom stereocenters. The van der Waals surface area contributed by atoms with Crippen LogP contribution in [0.15, 0.2) is 28.0 Å². The average Bonchev–Trinajstić information content (AvgIpc) is 3.12. The summed E-state index contributed by atoms with van der Waals surface area (Å²) < 4.78 is 7.14. The highest BCUT2D eigenvalue weighted by Gasteiger charge is 2.10. The number of aromatic nitrogens is 3. The molecule has 134 valence electrons. The molecule has 24 heavy (non-hydrogen) atoms. The number of rotatable bonds is 6. The van der Waals surface area contributed by atoms with Crippen LogP contribution in [-0.2, 0) is 20.1 Å². The molecule has 0 unspecified atom stereocenters. The number of halogens is 1. The second kappa shape index (κ2) is 9.65. The zero-order valence-corrected chi connectivity index (χ0v) is 17.3. The zero-order valence-electron chi connectivity index (χ0n) is 15.0. The Kier molecular flexibility index (Phi) is 8.23. The van der Waals surface area contributed by atoms with Gasteiger partial charge in [0.05, 0.1) is 11.9 Å². The Morgan fingerprint density at radius 2 is 2.21 bits per heavy atom. The lowest BCUT2D eigenvalue weighted by atomic mass is 10.1. The molecule has 0 spiro atoms. The monoisotopic (exact) mass is 446 g/mol. The number of nitrogens with one attached hydrogen (secondary N) is 1. The molecule has 0 aliphatic carbocycles. The van der Waals surface area contributed by atoms with Crippen molar-refractivity contribution in [1.82, 2.24) is 25.2 Å². The maximum Gasteiger partial charge on any atom is 0.194 e. The highest BCUT2D eigenvalue weighted by molar-refractivity contribution is 14.0. The molecule has 2 aromatic rings. The smallest absolute Gasteiger partial charge is 0.194 e. The number of hydrogen-bond acceptors (Lipinski definition) is 4. The molecule has 2 aromatic heterocycles. The van der Waals surface area contributed by atoms with Gasteiger partial charge in [-0.2, -0.15) is 5.10 Å². The summed E-state index contributed by atoms with van der Waals surface area (Å²) in [6.07, 6.45) is 3.87. The van der Waals surface area contributed by atoms with Crippen LogP contribution in [-0.4, -0.2) is 39.4 Å². The van der Waals surface area contributed by atoms with E-state index in [1.54, 1.807) is 4.68 Å². The van der Waals surface area contributed by atoms with Gasteiger partial charge in [-0.1, -0.05) is 19.0 Å². The average molecular weight is 446 g/mol. The first-order valence-electron chi connectivity index (χ1n) is 7.92. The molecule has 2 rings (SSSR count). The Bertz CT molecular complexity index is 649. The van der Waals surface area contributed by atoms with Gasteiger partial charge in [0.1, 0.15) is 6.54 Å². The van der Waals surface area contributed by atoms with Crippen LogP contribution >= 0.6 is 24.0 Å². The summed E-state index contributed by atoms with van der Waals surface area (Å²) in [5.41, 5.74) is 2.10.